The van der Waals surface area contributed by atoms with Crippen LogP contribution in [0.1, 0.15) is 24.8 Å². The number of carbonyl (C=O) groups excluding carboxylic acids is 1. The lowest BCUT2D eigenvalue weighted by Gasteiger charge is -2.05. The van der Waals surface area contributed by atoms with Gasteiger partial charge in [-0.15, -0.1) is 0 Å². The Kier molecular flexibility index (Phi) is 3.67. The average Bonchev–Trinajstić information content (AvgIpc) is 3.09. The minimum Gasteiger partial charge on any atom is -0.466 e. The van der Waals surface area contributed by atoms with Crippen molar-refractivity contribution in [2.24, 2.45) is 5.92 Å². The molecule has 0 aliphatic heterocycles. The zero-order valence-corrected chi connectivity index (χ0v) is 11.9. The van der Waals surface area contributed by atoms with Gasteiger partial charge in [0.25, 0.3) is 0 Å². The molecule has 0 saturated heterocycles. The molecule has 17 heavy (non-hydrogen) atoms. The van der Waals surface area contributed by atoms with E-state index < -0.39 is 8.80 Å². The van der Waals surface area contributed by atoms with Crippen LogP contribution < -0.4 is 5.19 Å². The van der Waals surface area contributed by atoms with Gasteiger partial charge in [-0.1, -0.05) is 42.5 Å². The Bertz CT molecular complexity index is 397. The van der Waals surface area contributed by atoms with Gasteiger partial charge in [-0.05, 0) is 24.8 Å². The lowest BCUT2D eigenvalue weighted by molar-refractivity contribution is -0.144. The fourth-order valence-corrected chi connectivity index (χ4v) is 3.16. The molecule has 2 unspecified atom stereocenters. The van der Waals surface area contributed by atoms with Crippen LogP contribution in [0.15, 0.2) is 24.3 Å². The molecule has 0 radical (unpaired) electrons. The zero-order valence-electron chi connectivity index (χ0n) is 10.8. The number of carbonyl (C=O) groups is 1. The summed E-state index contributed by atoms with van der Waals surface area (Å²) in [5, 5.41) is 1.49. The average molecular weight is 248 g/mol. The van der Waals surface area contributed by atoms with Gasteiger partial charge in [0.15, 0.2) is 0 Å². The van der Waals surface area contributed by atoms with E-state index in [1.165, 1.54) is 10.8 Å². The van der Waals surface area contributed by atoms with Gasteiger partial charge in [0, 0.05) is 0 Å². The Balaban J connectivity index is 1.99. The number of ether oxygens (including phenoxy) is 1. The molecule has 0 spiro atoms. The van der Waals surface area contributed by atoms with Crippen molar-refractivity contribution in [1.82, 2.24) is 0 Å². The van der Waals surface area contributed by atoms with Crippen LogP contribution in [0.3, 0.4) is 0 Å². The van der Waals surface area contributed by atoms with E-state index in [1.807, 2.05) is 6.92 Å². The van der Waals surface area contributed by atoms with Crippen LogP contribution in [0, 0.1) is 5.92 Å². The van der Waals surface area contributed by atoms with E-state index in [1.54, 1.807) is 0 Å². The lowest BCUT2D eigenvalue weighted by Crippen LogP contribution is -2.21. The van der Waals surface area contributed by atoms with Crippen LogP contribution in [-0.2, 0) is 9.53 Å². The Morgan fingerprint density at radius 3 is 2.53 bits per heavy atom. The fraction of sp³-hybridized carbons (Fsp3) is 0.500. The molecule has 0 N–H and O–H groups in total. The van der Waals surface area contributed by atoms with Crippen molar-refractivity contribution in [3.63, 3.8) is 0 Å². The second kappa shape index (κ2) is 5.04. The van der Waals surface area contributed by atoms with Crippen molar-refractivity contribution in [3.05, 3.63) is 29.8 Å². The van der Waals surface area contributed by atoms with E-state index in [0.717, 1.165) is 6.42 Å². The second-order valence-corrected chi connectivity index (χ2v) is 8.00. The molecule has 0 amide bonds. The first kappa shape index (κ1) is 12.4. The summed E-state index contributed by atoms with van der Waals surface area (Å²) in [6.07, 6.45) is 0.956. The molecule has 0 heterocycles. The van der Waals surface area contributed by atoms with Crippen molar-refractivity contribution in [1.29, 1.82) is 0 Å². The number of hydrogen-bond donors (Lipinski definition) is 0. The summed E-state index contributed by atoms with van der Waals surface area (Å²) >= 11 is 0. The zero-order chi connectivity index (χ0) is 12.4. The predicted molar refractivity (Wildman–Crippen MR) is 72.4 cm³/mol. The van der Waals surface area contributed by atoms with Crippen molar-refractivity contribution < 1.29 is 9.53 Å². The van der Waals surface area contributed by atoms with E-state index in [4.69, 9.17) is 4.74 Å². The molecule has 92 valence electrons. The smallest absolute Gasteiger partial charge is 0.309 e. The summed E-state index contributed by atoms with van der Waals surface area (Å²) in [4.78, 5) is 11.5. The monoisotopic (exact) mass is 248 g/mol. The third-order valence-corrected chi connectivity index (χ3v) is 5.13. The van der Waals surface area contributed by atoms with Gasteiger partial charge in [0.2, 0.25) is 0 Å². The van der Waals surface area contributed by atoms with Crippen molar-refractivity contribution in [2.75, 3.05) is 6.61 Å². The molecular formula is C14H20O2Si. The summed E-state index contributed by atoms with van der Waals surface area (Å²) in [5.41, 5.74) is 1.29. The predicted octanol–water partition coefficient (Wildman–Crippen LogP) is 2.05. The van der Waals surface area contributed by atoms with Gasteiger partial charge in [-0.2, -0.15) is 0 Å². The van der Waals surface area contributed by atoms with Crippen molar-refractivity contribution >= 4 is 20.0 Å². The van der Waals surface area contributed by atoms with Gasteiger partial charge in [0.1, 0.15) is 0 Å². The van der Waals surface area contributed by atoms with Gasteiger partial charge >= 0.3 is 5.97 Å². The maximum atomic E-state index is 11.5. The number of hydrogen-bond acceptors (Lipinski definition) is 2. The van der Waals surface area contributed by atoms with Crippen LogP contribution >= 0.6 is 0 Å². The van der Waals surface area contributed by atoms with Crippen molar-refractivity contribution in [3.8, 4) is 0 Å². The van der Waals surface area contributed by atoms with Gasteiger partial charge in [-0.3, -0.25) is 4.79 Å². The molecule has 1 saturated carbocycles. The molecule has 1 aromatic carbocycles. The summed E-state index contributed by atoms with van der Waals surface area (Å²) in [5.74, 6) is 0.480. The molecule has 1 aromatic rings. The minimum atomic E-state index is -0.699. The molecule has 0 aromatic heterocycles. The first-order valence-electron chi connectivity index (χ1n) is 6.40. The molecule has 2 nitrogen and oxygen atoms in total. The highest BCUT2D eigenvalue weighted by Crippen LogP contribution is 2.47. The standard InChI is InChI=1S/C14H20O2Si/c1-4-16-14(15)13-9-12(13)10-5-7-11(8-6-10)17(2)3/h5-8,12-13,17H,4,9H2,1-3H3. The molecule has 3 heteroatoms. The van der Waals surface area contributed by atoms with E-state index in [0.29, 0.717) is 12.5 Å². The third-order valence-electron chi connectivity index (χ3n) is 3.41. The summed E-state index contributed by atoms with van der Waals surface area (Å²) in [6, 6.07) is 8.83. The molecular weight excluding hydrogens is 228 g/mol. The van der Waals surface area contributed by atoms with E-state index in [-0.39, 0.29) is 11.9 Å². The molecule has 2 atom stereocenters. The largest absolute Gasteiger partial charge is 0.466 e. The number of esters is 1. The third kappa shape index (κ3) is 2.78. The Labute approximate surface area is 105 Å². The maximum Gasteiger partial charge on any atom is 0.309 e. The van der Waals surface area contributed by atoms with Gasteiger partial charge in [0.05, 0.1) is 21.3 Å². The van der Waals surface area contributed by atoms with Crippen molar-refractivity contribution in [2.45, 2.75) is 32.4 Å². The highest BCUT2D eigenvalue weighted by Gasteiger charge is 2.44. The number of benzene rings is 1. The highest BCUT2D eigenvalue weighted by atomic mass is 28.3. The van der Waals surface area contributed by atoms with Crippen LogP contribution in [0.25, 0.3) is 0 Å². The van der Waals surface area contributed by atoms with Crippen LogP contribution in [0.2, 0.25) is 13.1 Å². The Morgan fingerprint density at radius 2 is 2.00 bits per heavy atom. The van der Waals surface area contributed by atoms with Crippen LogP contribution in [-0.4, -0.2) is 21.4 Å². The molecule has 2 rings (SSSR count). The normalized spacial score (nSPS) is 22.6. The maximum absolute atomic E-state index is 11.5. The number of rotatable bonds is 4. The fourth-order valence-electron chi connectivity index (χ4n) is 2.20. The second-order valence-electron chi connectivity index (χ2n) is 5.02. The van der Waals surface area contributed by atoms with Crippen LogP contribution in [0.4, 0.5) is 0 Å². The SMILES string of the molecule is CCOC(=O)C1CC1c1ccc([SiH](C)C)cc1. The Morgan fingerprint density at radius 1 is 1.35 bits per heavy atom. The summed E-state index contributed by atoms with van der Waals surface area (Å²) < 4.78 is 5.05. The lowest BCUT2D eigenvalue weighted by atomic mass is 10.1. The topological polar surface area (TPSA) is 26.3 Å². The molecule has 1 fully saturated rings. The quantitative estimate of drug-likeness (QED) is 0.602. The summed E-state index contributed by atoms with van der Waals surface area (Å²) in [6.45, 7) is 7.00. The van der Waals surface area contributed by atoms with E-state index >= 15 is 0 Å². The van der Waals surface area contributed by atoms with E-state index in [2.05, 4.69) is 37.4 Å². The van der Waals surface area contributed by atoms with Gasteiger partial charge < -0.3 is 4.74 Å². The Hall–Kier alpha value is -1.09. The minimum absolute atomic E-state index is 0.0280. The van der Waals surface area contributed by atoms with Gasteiger partial charge in [-0.25, -0.2) is 0 Å². The molecule has 1 aliphatic rings. The molecule has 1 aliphatic carbocycles. The van der Waals surface area contributed by atoms with E-state index in [9.17, 15) is 4.79 Å². The molecule has 0 bridgehead atoms. The first-order valence-corrected chi connectivity index (χ1v) is 9.28. The summed E-state index contributed by atoms with van der Waals surface area (Å²) in [7, 11) is -0.699. The highest BCUT2D eigenvalue weighted by molar-refractivity contribution is 6.70. The van der Waals surface area contributed by atoms with Crippen LogP contribution in [0.5, 0.6) is 0 Å². The first-order chi connectivity index (χ1) is 8.13.